The molecule has 4 aromatic rings. The molecule has 166 valence electrons. The van der Waals surface area contributed by atoms with E-state index in [2.05, 4.69) is 20.6 Å². The lowest BCUT2D eigenvalue weighted by molar-refractivity contribution is -0.117. The van der Waals surface area contributed by atoms with E-state index < -0.39 is 17.9 Å². The number of fused-ring (bicyclic) bond motifs is 2. The molecule has 3 aromatic heterocycles. The number of alkyl halides is 1. The maximum Gasteiger partial charge on any atom is 0.231 e. The van der Waals surface area contributed by atoms with Gasteiger partial charge in [0.15, 0.2) is 11.6 Å². The second-order valence-electron chi connectivity index (χ2n) is 7.84. The second kappa shape index (κ2) is 7.74. The minimum Gasteiger partial charge on any atom is -0.368 e. The number of nitrogens with one attached hydrogen (secondary N) is 2. The van der Waals surface area contributed by atoms with Crippen molar-refractivity contribution in [3.8, 4) is 11.1 Å². The molecule has 0 radical (unpaired) electrons. The number of carbonyl (C=O) groups is 1. The Morgan fingerprint density at radius 2 is 2.12 bits per heavy atom. The van der Waals surface area contributed by atoms with Crippen molar-refractivity contribution < 1.29 is 13.6 Å². The fourth-order valence-electron chi connectivity index (χ4n) is 4.08. The summed E-state index contributed by atoms with van der Waals surface area (Å²) >= 11 is 6.55. The van der Waals surface area contributed by atoms with Crippen LogP contribution in [0.2, 0.25) is 5.02 Å². The van der Waals surface area contributed by atoms with E-state index in [1.165, 1.54) is 0 Å². The third kappa shape index (κ3) is 3.28. The van der Waals surface area contributed by atoms with Crippen LogP contribution in [0.4, 0.5) is 20.3 Å². The Labute approximate surface area is 187 Å². The zero-order valence-corrected chi connectivity index (χ0v) is 18.2. The predicted octanol–water partition coefficient (Wildman–Crippen LogP) is 4.81. The second-order valence-corrected chi connectivity index (χ2v) is 8.22. The molecule has 1 aromatic carbocycles. The number of H-pyrrole nitrogens is 1. The van der Waals surface area contributed by atoms with E-state index in [9.17, 15) is 9.18 Å². The van der Waals surface area contributed by atoms with Crippen LogP contribution in [0, 0.1) is 11.7 Å². The van der Waals surface area contributed by atoms with E-state index in [0.717, 1.165) is 0 Å². The highest BCUT2D eigenvalue weighted by molar-refractivity contribution is 6.36. The first kappa shape index (κ1) is 20.7. The van der Waals surface area contributed by atoms with Crippen LogP contribution in [-0.2, 0) is 4.79 Å². The summed E-state index contributed by atoms with van der Waals surface area (Å²) < 4.78 is 30.1. The van der Waals surface area contributed by atoms with E-state index in [-0.39, 0.29) is 17.4 Å². The predicted molar refractivity (Wildman–Crippen MR) is 120 cm³/mol. The first-order chi connectivity index (χ1) is 15.4. The number of nitrogens with zero attached hydrogens (tertiary/aromatic N) is 4. The van der Waals surface area contributed by atoms with E-state index in [1.54, 1.807) is 29.0 Å². The van der Waals surface area contributed by atoms with Gasteiger partial charge in [0.1, 0.15) is 11.9 Å². The van der Waals surface area contributed by atoms with Crippen LogP contribution in [0.1, 0.15) is 20.3 Å². The van der Waals surface area contributed by atoms with Gasteiger partial charge in [-0.2, -0.15) is 10.2 Å². The molecule has 1 amide bonds. The van der Waals surface area contributed by atoms with Crippen molar-refractivity contribution in [3.63, 3.8) is 0 Å². The van der Waals surface area contributed by atoms with E-state index in [0.29, 0.717) is 52.1 Å². The summed E-state index contributed by atoms with van der Waals surface area (Å²) in [6, 6.07) is 5.26. The molecule has 0 aliphatic heterocycles. The van der Waals surface area contributed by atoms with Crippen molar-refractivity contribution in [3.05, 3.63) is 41.4 Å². The number of hydrogen-bond acceptors (Lipinski definition) is 4. The van der Waals surface area contributed by atoms with Gasteiger partial charge in [-0.1, -0.05) is 11.6 Å². The van der Waals surface area contributed by atoms with Gasteiger partial charge >= 0.3 is 0 Å². The molecule has 10 heteroatoms. The molecule has 1 saturated carbocycles. The minimum absolute atomic E-state index is 0.0147. The molecule has 1 aliphatic rings. The van der Waals surface area contributed by atoms with Gasteiger partial charge in [-0.3, -0.25) is 9.89 Å². The van der Waals surface area contributed by atoms with Gasteiger partial charge in [-0.25, -0.2) is 13.3 Å². The molecule has 0 bridgehead atoms. The average Bonchev–Trinajstić information content (AvgIpc) is 3.15. The standard InChI is InChI=1S/C22H21ClF2N6O/c1-3-30(4-2)21-19(25)18(23)17(14-10-26-28-20(14)21)11-5-6-31-12(7-11)8-16(29-31)27-22(32)13-9-15(13)24/h5-8,10,13,15H,3-4,9H2,1-2H3,(H,26,28)(H,27,29,32)/t13-,15+/m1/s1. The molecular formula is C22H21ClF2N6O. The van der Waals surface area contributed by atoms with Gasteiger partial charge in [0.2, 0.25) is 5.91 Å². The van der Waals surface area contributed by atoms with Crippen molar-refractivity contribution in [2.45, 2.75) is 26.4 Å². The topological polar surface area (TPSA) is 78.3 Å². The maximum absolute atomic E-state index is 15.4. The number of aromatic nitrogens is 4. The quantitative estimate of drug-likeness (QED) is 0.434. The number of anilines is 2. The summed E-state index contributed by atoms with van der Waals surface area (Å²) in [5, 5.41) is 14.7. The molecule has 1 aliphatic carbocycles. The van der Waals surface area contributed by atoms with Crippen molar-refractivity contribution in [2.75, 3.05) is 23.3 Å². The number of benzene rings is 1. The fraction of sp³-hybridized carbons (Fsp3) is 0.318. The summed E-state index contributed by atoms with van der Waals surface area (Å²) in [6.07, 6.45) is 2.51. The first-order valence-corrected chi connectivity index (χ1v) is 10.8. The summed E-state index contributed by atoms with van der Waals surface area (Å²) in [6.45, 7) is 5.15. The van der Waals surface area contributed by atoms with Crippen LogP contribution in [0.15, 0.2) is 30.6 Å². The molecule has 2 atom stereocenters. The van der Waals surface area contributed by atoms with Gasteiger partial charge in [-0.15, -0.1) is 0 Å². The summed E-state index contributed by atoms with van der Waals surface area (Å²) in [5.41, 5.74) is 2.86. The number of aromatic amines is 1. The van der Waals surface area contributed by atoms with Gasteiger partial charge in [0, 0.05) is 36.3 Å². The van der Waals surface area contributed by atoms with Crippen molar-refractivity contribution in [1.29, 1.82) is 0 Å². The Kier molecular flexibility index (Phi) is 5.00. The Bertz CT molecular complexity index is 1350. The largest absolute Gasteiger partial charge is 0.368 e. The smallest absolute Gasteiger partial charge is 0.231 e. The zero-order valence-electron chi connectivity index (χ0n) is 17.5. The molecule has 2 N–H and O–H groups in total. The van der Waals surface area contributed by atoms with Crippen LogP contribution >= 0.6 is 11.6 Å². The summed E-state index contributed by atoms with van der Waals surface area (Å²) in [4.78, 5) is 13.9. The number of hydrogen-bond donors (Lipinski definition) is 2. The van der Waals surface area contributed by atoms with Crippen LogP contribution in [0.25, 0.3) is 27.5 Å². The van der Waals surface area contributed by atoms with Gasteiger partial charge in [0.05, 0.1) is 28.2 Å². The van der Waals surface area contributed by atoms with E-state index >= 15 is 4.39 Å². The molecular weight excluding hydrogens is 438 g/mol. The number of carbonyl (C=O) groups excluding carboxylic acids is 1. The maximum atomic E-state index is 15.4. The zero-order chi connectivity index (χ0) is 22.6. The van der Waals surface area contributed by atoms with Crippen LogP contribution in [-0.4, -0.2) is 45.0 Å². The first-order valence-electron chi connectivity index (χ1n) is 10.5. The Balaban J connectivity index is 1.58. The van der Waals surface area contributed by atoms with Crippen molar-refractivity contribution >= 4 is 45.4 Å². The van der Waals surface area contributed by atoms with Gasteiger partial charge in [0.25, 0.3) is 0 Å². The molecule has 1 fully saturated rings. The summed E-state index contributed by atoms with van der Waals surface area (Å²) in [5.74, 6) is -1.16. The number of halogens is 3. The highest BCUT2D eigenvalue weighted by Crippen LogP contribution is 2.43. The van der Waals surface area contributed by atoms with Crippen LogP contribution in [0.3, 0.4) is 0 Å². The number of amides is 1. The Morgan fingerprint density at radius 1 is 1.38 bits per heavy atom. The lowest BCUT2D eigenvalue weighted by Gasteiger charge is -2.24. The molecule has 5 rings (SSSR count). The monoisotopic (exact) mass is 458 g/mol. The molecule has 0 saturated heterocycles. The van der Waals surface area contributed by atoms with Gasteiger partial charge < -0.3 is 10.2 Å². The third-order valence-electron chi connectivity index (χ3n) is 5.90. The highest BCUT2D eigenvalue weighted by atomic mass is 35.5. The summed E-state index contributed by atoms with van der Waals surface area (Å²) in [7, 11) is 0. The lowest BCUT2D eigenvalue weighted by Crippen LogP contribution is -2.23. The number of pyridine rings is 1. The Hall–Kier alpha value is -3.20. The molecule has 7 nitrogen and oxygen atoms in total. The normalized spacial score (nSPS) is 17.8. The minimum atomic E-state index is -1.08. The molecule has 32 heavy (non-hydrogen) atoms. The fourth-order valence-corrected chi connectivity index (χ4v) is 4.38. The number of rotatable bonds is 6. The third-order valence-corrected chi connectivity index (χ3v) is 6.25. The molecule has 3 heterocycles. The molecule has 0 unspecified atom stereocenters. The van der Waals surface area contributed by atoms with Gasteiger partial charge in [-0.05, 0) is 38.0 Å². The van der Waals surface area contributed by atoms with Crippen LogP contribution < -0.4 is 10.2 Å². The SMILES string of the molecule is CCN(CC)c1c(F)c(Cl)c(-c2ccn3nc(NC(=O)[C@@H]4C[C@@H]4F)cc3c2)c2cn[nH]c12. The average molecular weight is 459 g/mol. The molecule has 0 spiro atoms. The van der Waals surface area contributed by atoms with Crippen molar-refractivity contribution in [2.24, 2.45) is 5.92 Å². The Morgan fingerprint density at radius 3 is 2.81 bits per heavy atom. The lowest BCUT2D eigenvalue weighted by atomic mass is 10.0. The van der Waals surface area contributed by atoms with E-state index in [4.69, 9.17) is 11.6 Å². The van der Waals surface area contributed by atoms with Crippen molar-refractivity contribution in [1.82, 2.24) is 19.8 Å². The van der Waals surface area contributed by atoms with Crippen LogP contribution in [0.5, 0.6) is 0 Å². The highest BCUT2D eigenvalue weighted by Gasteiger charge is 2.43. The van der Waals surface area contributed by atoms with E-state index in [1.807, 2.05) is 24.8 Å².